The summed E-state index contributed by atoms with van der Waals surface area (Å²) in [5.74, 6) is -0.131. The van der Waals surface area contributed by atoms with Crippen molar-refractivity contribution in [2.45, 2.75) is 52.0 Å². The van der Waals surface area contributed by atoms with Crippen LogP contribution >= 0.6 is 15.9 Å². The van der Waals surface area contributed by atoms with Gasteiger partial charge in [0.05, 0.1) is 0 Å². The molecule has 1 N–H and O–H groups in total. The molecule has 1 aromatic rings. The van der Waals surface area contributed by atoms with Crippen LogP contribution in [0, 0.1) is 5.82 Å². The van der Waals surface area contributed by atoms with E-state index in [2.05, 4.69) is 28.2 Å². The lowest BCUT2D eigenvalue weighted by Gasteiger charge is -2.06. The normalized spacial score (nSPS) is 10.8. The van der Waals surface area contributed by atoms with E-state index in [0.717, 1.165) is 16.6 Å². The van der Waals surface area contributed by atoms with Gasteiger partial charge in [0, 0.05) is 16.6 Å². The molecule has 0 amide bonds. The van der Waals surface area contributed by atoms with Gasteiger partial charge in [-0.1, -0.05) is 55.0 Å². The SMILES string of the molecule is CCCCCCCCNCc1cc(Br)ccc1F. The van der Waals surface area contributed by atoms with Gasteiger partial charge in [0.1, 0.15) is 5.82 Å². The summed E-state index contributed by atoms with van der Waals surface area (Å²) in [5, 5.41) is 3.30. The molecule has 0 unspecified atom stereocenters. The van der Waals surface area contributed by atoms with Crippen molar-refractivity contribution in [1.29, 1.82) is 0 Å². The van der Waals surface area contributed by atoms with Crippen molar-refractivity contribution in [3.63, 3.8) is 0 Å². The minimum Gasteiger partial charge on any atom is -0.313 e. The van der Waals surface area contributed by atoms with Crippen molar-refractivity contribution in [2.24, 2.45) is 0 Å². The van der Waals surface area contributed by atoms with Gasteiger partial charge in [-0.15, -0.1) is 0 Å². The van der Waals surface area contributed by atoms with Crippen molar-refractivity contribution < 1.29 is 4.39 Å². The van der Waals surface area contributed by atoms with Crippen molar-refractivity contribution in [3.8, 4) is 0 Å². The third kappa shape index (κ3) is 6.50. The molecule has 0 radical (unpaired) electrons. The van der Waals surface area contributed by atoms with E-state index in [1.165, 1.54) is 44.6 Å². The molecule has 0 spiro atoms. The lowest BCUT2D eigenvalue weighted by molar-refractivity contribution is 0.555. The second kappa shape index (κ2) is 9.51. The van der Waals surface area contributed by atoms with Crippen LogP contribution in [0.4, 0.5) is 4.39 Å². The van der Waals surface area contributed by atoms with Crippen molar-refractivity contribution in [3.05, 3.63) is 34.1 Å². The lowest BCUT2D eigenvalue weighted by Crippen LogP contribution is -2.15. The first kappa shape index (κ1) is 15.6. The summed E-state index contributed by atoms with van der Waals surface area (Å²) in [7, 11) is 0. The smallest absolute Gasteiger partial charge is 0.127 e. The summed E-state index contributed by atoms with van der Waals surface area (Å²) < 4.78 is 14.4. The fraction of sp³-hybridized carbons (Fsp3) is 0.600. The van der Waals surface area contributed by atoms with Gasteiger partial charge in [0.2, 0.25) is 0 Å². The summed E-state index contributed by atoms with van der Waals surface area (Å²) in [4.78, 5) is 0. The molecule has 0 aliphatic rings. The third-order valence-electron chi connectivity index (χ3n) is 3.03. The molecule has 102 valence electrons. The Bertz CT molecular complexity index is 341. The summed E-state index contributed by atoms with van der Waals surface area (Å²) in [6.45, 7) is 3.81. The maximum absolute atomic E-state index is 13.4. The largest absolute Gasteiger partial charge is 0.313 e. The Morgan fingerprint density at radius 1 is 1.11 bits per heavy atom. The van der Waals surface area contributed by atoms with E-state index in [1.807, 2.05) is 6.07 Å². The fourth-order valence-electron chi connectivity index (χ4n) is 1.93. The van der Waals surface area contributed by atoms with Gasteiger partial charge in [-0.25, -0.2) is 4.39 Å². The summed E-state index contributed by atoms with van der Waals surface area (Å²) in [5.41, 5.74) is 0.732. The summed E-state index contributed by atoms with van der Waals surface area (Å²) in [6.07, 6.45) is 7.75. The molecule has 0 fully saturated rings. The molecule has 0 saturated carbocycles. The van der Waals surface area contributed by atoms with Crippen molar-refractivity contribution in [2.75, 3.05) is 6.54 Å². The van der Waals surface area contributed by atoms with E-state index >= 15 is 0 Å². The average molecular weight is 316 g/mol. The minimum atomic E-state index is -0.131. The minimum absolute atomic E-state index is 0.131. The fourth-order valence-corrected chi connectivity index (χ4v) is 2.34. The van der Waals surface area contributed by atoms with E-state index in [9.17, 15) is 4.39 Å². The second-order valence-electron chi connectivity index (χ2n) is 4.68. The van der Waals surface area contributed by atoms with Gasteiger partial charge in [-0.2, -0.15) is 0 Å². The number of rotatable bonds is 9. The molecule has 0 saturated heterocycles. The Morgan fingerprint density at radius 2 is 1.83 bits per heavy atom. The molecule has 0 aliphatic heterocycles. The number of benzene rings is 1. The number of halogens is 2. The Morgan fingerprint density at radius 3 is 2.61 bits per heavy atom. The molecule has 0 atom stereocenters. The first-order valence-electron chi connectivity index (χ1n) is 6.88. The van der Waals surface area contributed by atoms with E-state index in [0.29, 0.717) is 6.54 Å². The Labute approximate surface area is 118 Å². The number of hydrogen-bond acceptors (Lipinski definition) is 1. The van der Waals surface area contributed by atoms with Crippen LogP contribution in [-0.4, -0.2) is 6.54 Å². The van der Waals surface area contributed by atoms with Crippen LogP contribution in [0.3, 0.4) is 0 Å². The zero-order valence-corrected chi connectivity index (χ0v) is 12.7. The molecule has 0 bridgehead atoms. The summed E-state index contributed by atoms with van der Waals surface area (Å²) >= 11 is 3.36. The molecule has 0 aliphatic carbocycles. The highest BCUT2D eigenvalue weighted by molar-refractivity contribution is 9.10. The van der Waals surface area contributed by atoms with Crippen LogP contribution in [0.15, 0.2) is 22.7 Å². The van der Waals surface area contributed by atoms with Gasteiger partial charge in [0.25, 0.3) is 0 Å². The zero-order chi connectivity index (χ0) is 13.2. The molecule has 1 aromatic carbocycles. The molecule has 0 heterocycles. The maximum atomic E-state index is 13.4. The average Bonchev–Trinajstić information content (AvgIpc) is 2.36. The first-order chi connectivity index (χ1) is 8.74. The number of nitrogens with one attached hydrogen (secondary N) is 1. The van der Waals surface area contributed by atoms with Crippen LogP contribution in [0.1, 0.15) is 51.0 Å². The zero-order valence-electron chi connectivity index (χ0n) is 11.1. The second-order valence-corrected chi connectivity index (χ2v) is 5.60. The van der Waals surface area contributed by atoms with E-state index in [4.69, 9.17) is 0 Å². The molecule has 1 nitrogen and oxygen atoms in total. The molecule has 1 rings (SSSR count). The first-order valence-corrected chi connectivity index (χ1v) is 7.68. The molecule has 3 heteroatoms. The Hall–Kier alpha value is -0.410. The van der Waals surface area contributed by atoms with Crippen molar-refractivity contribution in [1.82, 2.24) is 5.32 Å². The molecular weight excluding hydrogens is 293 g/mol. The Balaban J connectivity index is 2.09. The number of hydrogen-bond donors (Lipinski definition) is 1. The summed E-state index contributed by atoms with van der Waals surface area (Å²) in [6, 6.07) is 5.07. The highest BCUT2D eigenvalue weighted by atomic mass is 79.9. The monoisotopic (exact) mass is 315 g/mol. The highest BCUT2D eigenvalue weighted by Gasteiger charge is 2.01. The highest BCUT2D eigenvalue weighted by Crippen LogP contribution is 2.15. The van der Waals surface area contributed by atoms with Crippen molar-refractivity contribution >= 4 is 15.9 Å². The quantitative estimate of drug-likeness (QED) is 0.630. The van der Waals surface area contributed by atoms with Gasteiger partial charge in [0.15, 0.2) is 0 Å². The van der Waals surface area contributed by atoms with Crippen LogP contribution in [0.2, 0.25) is 0 Å². The van der Waals surface area contributed by atoms with Crippen LogP contribution in [0.5, 0.6) is 0 Å². The van der Waals surface area contributed by atoms with Gasteiger partial charge < -0.3 is 5.32 Å². The van der Waals surface area contributed by atoms with Crippen LogP contribution in [-0.2, 0) is 6.54 Å². The van der Waals surface area contributed by atoms with Crippen LogP contribution in [0.25, 0.3) is 0 Å². The predicted molar refractivity (Wildman–Crippen MR) is 79.2 cm³/mol. The maximum Gasteiger partial charge on any atom is 0.127 e. The Kier molecular flexibility index (Phi) is 8.27. The topological polar surface area (TPSA) is 12.0 Å². The van der Waals surface area contributed by atoms with Gasteiger partial charge in [-0.05, 0) is 31.2 Å². The number of unbranched alkanes of at least 4 members (excludes halogenated alkanes) is 5. The van der Waals surface area contributed by atoms with Gasteiger partial charge >= 0.3 is 0 Å². The standard InChI is InChI=1S/C15H23BrFN/c1-2-3-4-5-6-7-10-18-12-13-11-14(16)8-9-15(13)17/h8-9,11,18H,2-7,10,12H2,1H3. The lowest BCUT2D eigenvalue weighted by atomic mass is 10.1. The van der Waals surface area contributed by atoms with E-state index in [-0.39, 0.29) is 5.82 Å². The van der Waals surface area contributed by atoms with Gasteiger partial charge in [-0.3, -0.25) is 0 Å². The third-order valence-corrected chi connectivity index (χ3v) is 3.52. The predicted octanol–water partition coefficient (Wildman–Crippen LogP) is 5.04. The van der Waals surface area contributed by atoms with E-state index < -0.39 is 0 Å². The van der Waals surface area contributed by atoms with E-state index in [1.54, 1.807) is 6.07 Å². The van der Waals surface area contributed by atoms with Crippen LogP contribution < -0.4 is 5.32 Å². The molecular formula is C15H23BrFN. The molecule has 0 aromatic heterocycles. The molecule has 18 heavy (non-hydrogen) atoms.